The first-order valence-corrected chi connectivity index (χ1v) is 6.91. The van der Waals surface area contributed by atoms with Crippen LogP contribution in [-0.4, -0.2) is 29.3 Å². The van der Waals surface area contributed by atoms with Gasteiger partial charge in [-0.05, 0) is 18.6 Å². The number of aryl methyl sites for hydroxylation is 1. The van der Waals surface area contributed by atoms with E-state index in [4.69, 9.17) is 0 Å². The molecular weight excluding hydrogens is 266 g/mol. The summed E-state index contributed by atoms with van der Waals surface area (Å²) >= 11 is 0. The Labute approximate surface area is 122 Å². The van der Waals surface area contributed by atoms with E-state index in [9.17, 15) is 0 Å². The zero-order valence-corrected chi connectivity index (χ0v) is 11.8. The molecule has 7 nitrogen and oxygen atoms in total. The molecule has 108 valence electrons. The highest BCUT2D eigenvalue weighted by Gasteiger charge is 2.07. The van der Waals surface area contributed by atoms with Crippen LogP contribution in [0.2, 0.25) is 0 Å². The molecule has 0 spiro atoms. The molecule has 0 aromatic carbocycles. The monoisotopic (exact) mass is 283 g/mol. The highest BCUT2D eigenvalue weighted by atomic mass is 15.3. The number of hydrogen-bond acceptors (Lipinski definition) is 5. The number of hydrogen-bond donors (Lipinski definition) is 1. The Hall–Kier alpha value is -2.70. The molecule has 0 aliphatic rings. The maximum absolute atomic E-state index is 4.36. The van der Waals surface area contributed by atoms with E-state index < -0.39 is 0 Å². The van der Waals surface area contributed by atoms with E-state index in [1.54, 1.807) is 17.2 Å². The van der Waals surface area contributed by atoms with Gasteiger partial charge in [0.1, 0.15) is 12.7 Å². The molecule has 21 heavy (non-hydrogen) atoms. The van der Waals surface area contributed by atoms with Gasteiger partial charge in [-0.25, -0.2) is 19.6 Å². The van der Waals surface area contributed by atoms with Gasteiger partial charge in [-0.1, -0.05) is 6.92 Å². The SMILES string of the molecule is CCCn1cncc1CNc1cccnc1-n1cncn1. The van der Waals surface area contributed by atoms with Crippen molar-refractivity contribution < 1.29 is 0 Å². The van der Waals surface area contributed by atoms with E-state index in [1.165, 1.54) is 6.33 Å². The van der Waals surface area contributed by atoms with E-state index in [-0.39, 0.29) is 0 Å². The van der Waals surface area contributed by atoms with Crippen LogP contribution in [0.15, 0.2) is 43.5 Å². The zero-order valence-electron chi connectivity index (χ0n) is 11.8. The lowest BCUT2D eigenvalue weighted by molar-refractivity contribution is 0.651. The summed E-state index contributed by atoms with van der Waals surface area (Å²) in [5, 5.41) is 7.52. The predicted octanol–water partition coefficient (Wildman–Crippen LogP) is 1.88. The second-order valence-corrected chi connectivity index (χ2v) is 4.65. The van der Waals surface area contributed by atoms with Crippen LogP contribution in [0.1, 0.15) is 19.0 Å². The summed E-state index contributed by atoms with van der Waals surface area (Å²) in [6.45, 7) is 3.81. The fraction of sp³-hybridized carbons (Fsp3) is 0.286. The third-order valence-electron chi connectivity index (χ3n) is 3.15. The smallest absolute Gasteiger partial charge is 0.178 e. The molecule has 0 amide bonds. The van der Waals surface area contributed by atoms with Crippen molar-refractivity contribution in [1.82, 2.24) is 29.3 Å². The highest BCUT2D eigenvalue weighted by molar-refractivity contribution is 5.56. The van der Waals surface area contributed by atoms with Crippen molar-refractivity contribution >= 4 is 5.69 Å². The van der Waals surface area contributed by atoms with Gasteiger partial charge in [-0.15, -0.1) is 0 Å². The van der Waals surface area contributed by atoms with Gasteiger partial charge in [-0.3, -0.25) is 0 Å². The van der Waals surface area contributed by atoms with E-state index in [0.717, 1.165) is 30.2 Å². The summed E-state index contributed by atoms with van der Waals surface area (Å²) < 4.78 is 3.80. The Bertz CT molecular complexity index is 687. The number of nitrogens with zero attached hydrogens (tertiary/aromatic N) is 6. The largest absolute Gasteiger partial charge is 0.376 e. The van der Waals surface area contributed by atoms with Crippen LogP contribution >= 0.6 is 0 Å². The molecule has 3 aromatic rings. The minimum atomic E-state index is 0.688. The van der Waals surface area contributed by atoms with E-state index in [2.05, 4.69) is 36.9 Å². The standard InChI is InChI=1S/C14H17N7/c1-2-6-20-10-15-7-12(20)8-18-13-4-3-5-17-14(13)21-11-16-9-19-21/h3-5,7,9-11,18H,2,6,8H2,1H3. The number of imidazole rings is 1. The second-order valence-electron chi connectivity index (χ2n) is 4.65. The summed E-state index contributed by atoms with van der Waals surface area (Å²) in [5.74, 6) is 0.733. The van der Waals surface area contributed by atoms with Gasteiger partial charge in [0, 0.05) is 18.9 Å². The predicted molar refractivity (Wildman–Crippen MR) is 79.0 cm³/mol. The molecule has 3 rings (SSSR count). The molecule has 0 unspecified atom stereocenters. The molecular formula is C14H17N7. The van der Waals surface area contributed by atoms with E-state index >= 15 is 0 Å². The molecule has 0 fully saturated rings. The Balaban J connectivity index is 1.78. The Morgan fingerprint density at radius 3 is 3.00 bits per heavy atom. The van der Waals surface area contributed by atoms with E-state index in [1.807, 2.05) is 24.7 Å². The Morgan fingerprint density at radius 2 is 2.19 bits per heavy atom. The fourth-order valence-electron chi connectivity index (χ4n) is 2.16. The lowest BCUT2D eigenvalue weighted by Crippen LogP contribution is -2.10. The van der Waals surface area contributed by atoms with Crippen molar-refractivity contribution in [2.24, 2.45) is 0 Å². The van der Waals surface area contributed by atoms with Gasteiger partial charge in [0.25, 0.3) is 0 Å². The van der Waals surface area contributed by atoms with Gasteiger partial charge in [0.15, 0.2) is 5.82 Å². The van der Waals surface area contributed by atoms with Gasteiger partial charge in [0.05, 0.1) is 24.3 Å². The summed E-state index contributed by atoms with van der Waals surface area (Å²) in [6, 6.07) is 3.87. The highest BCUT2D eigenvalue weighted by Crippen LogP contribution is 2.16. The first-order chi connectivity index (χ1) is 10.4. The second kappa shape index (κ2) is 6.17. The van der Waals surface area contributed by atoms with Crippen molar-refractivity contribution in [2.75, 3.05) is 5.32 Å². The number of rotatable bonds is 6. The summed E-state index contributed by atoms with van der Waals surface area (Å²) in [5.41, 5.74) is 2.05. The van der Waals surface area contributed by atoms with Gasteiger partial charge in [-0.2, -0.15) is 5.10 Å². The summed E-state index contributed by atoms with van der Waals surface area (Å²) in [7, 11) is 0. The summed E-state index contributed by atoms with van der Waals surface area (Å²) in [6.07, 6.45) is 9.70. The maximum atomic E-state index is 4.36. The molecule has 1 N–H and O–H groups in total. The van der Waals surface area contributed by atoms with Crippen LogP contribution < -0.4 is 5.32 Å². The van der Waals surface area contributed by atoms with Crippen LogP contribution in [-0.2, 0) is 13.1 Å². The molecule has 0 saturated heterocycles. The van der Waals surface area contributed by atoms with Crippen LogP contribution in [0.4, 0.5) is 5.69 Å². The maximum Gasteiger partial charge on any atom is 0.178 e. The molecule has 0 aliphatic carbocycles. The van der Waals surface area contributed by atoms with Gasteiger partial charge < -0.3 is 9.88 Å². The van der Waals surface area contributed by atoms with E-state index in [0.29, 0.717) is 6.54 Å². The molecule has 0 bridgehead atoms. The van der Waals surface area contributed by atoms with Crippen LogP contribution in [0.5, 0.6) is 0 Å². The number of nitrogens with one attached hydrogen (secondary N) is 1. The number of anilines is 1. The zero-order chi connectivity index (χ0) is 14.5. The molecule has 3 heterocycles. The van der Waals surface area contributed by atoms with Crippen molar-refractivity contribution in [2.45, 2.75) is 26.4 Å². The quantitative estimate of drug-likeness (QED) is 0.747. The number of pyridine rings is 1. The first kappa shape index (κ1) is 13.3. The lowest BCUT2D eigenvalue weighted by Gasteiger charge is -2.11. The average molecular weight is 283 g/mol. The van der Waals surface area contributed by atoms with Crippen LogP contribution in [0.3, 0.4) is 0 Å². The van der Waals surface area contributed by atoms with Crippen molar-refractivity contribution in [3.63, 3.8) is 0 Å². The third kappa shape index (κ3) is 2.91. The van der Waals surface area contributed by atoms with Crippen molar-refractivity contribution in [1.29, 1.82) is 0 Å². The minimum absolute atomic E-state index is 0.688. The fourth-order valence-corrected chi connectivity index (χ4v) is 2.16. The number of aromatic nitrogens is 6. The molecule has 3 aromatic heterocycles. The average Bonchev–Trinajstić information content (AvgIpc) is 3.17. The topological polar surface area (TPSA) is 73.5 Å². The lowest BCUT2D eigenvalue weighted by atomic mass is 10.3. The normalized spacial score (nSPS) is 10.7. The van der Waals surface area contributed by atoms with Crippen LogP contribution in [0.25, 0.3) is 5.82 Å². The molecule has 0 radical (unpaired) electrons. The van der Waals surface area contributed by atoms with Gasteiger partial charge >= 0.3 is 0 Å². The minimum Gasteiger partial charge on any atom is -0.376 e. The molecule has 0 atom stereocenters. The first-order valence-electron chi connectivity index (χ1n) is 6.91. The van der Waals surface area contributed by atoms with Gasteiger partial charge in [0.2, 0.25) is 0 Å². The van der Waals surface area contributed by atoms with Crippen LogP contribution in [0, 0.1) is 0 Å². The molecule has 0 saturated carbocycles. The van der Waals surface area contributed by atoms with Crippen molar-refractivity contribution in [3.8, 4) is 5.82 Å². The third-order valence-corrected chi connectivity index (χ3v) is 3.15. The molecule has 0 aliphatic heterocycles. The molecule has 7 heteroatoms. The Morgan fingerprint density at radius 1 is 1.24 bits per heavy atom. The Kier molecular flexibility index (Phi) is 3.90. The van der Waals surface area contributed by atoms with Crippen molar-refractivity contribution in [3.05, 3.63) is 49.2 Å². The summed E-state index contributed by atoms with van der Waals surface area (Å²) in [4.78, 5) is 12.5.